The smallest absolute Gasteiger partial charge is 0.310 e. The Balaban J connectivity index is 1.68. The minimum atomic E-state index is -1.15. The first-order chi connectivity index (χ1) is 14.4. The topological polar surface area (TPSA) is 68.7 Å². The number of carbonyl (C=O) groups is 2. The van der Waals surface area contributed by atoms with Gasteiger partial charge in [-0.2, -0.15) is 0 Å². The van der Waals surface area contributed by atoms with Crippen molar-refractivity contribution < 1.29 is 32.2 Å². The highest BCUT2D eigenvalue weighted by molar-refractivity contribution is 7.18. The first-order valence-corrected chi connectivity index (χ1v) is 9.85. The molecule has 0 radical (unpaired) electrons. The number of rotatable bonds is 5. The average molecular weight is 436 g/mol. The standard InChI is InChI=1S/C20H15F3N2O4S/c1-2-28-19(26)8-16-20(27)25(14-5-10(21)3-4-15(14)29-16)9-18-24-13-6-11(22)12(23)7-17(13)30-18/h3-7,16H,2,8-9H2,1H3. The van der Waals surface area contributed by atoms with E-state index in [1.807, 2.05) is 0 Å². The van der Waals surface area contributed by atoms with Crippen molar-refractivity contribution in [3.8, 4) is 5.75 Å². The van der Waals surface area contributed by atoms with Crippen LogP contribution in [0.15, 0.2) is 30.3 Å². The molecule has 6 nitrogen and oxygen atoms in total. The van der Waals surface area contributed by atoms with E-state index in [1.54, 1.807) is 6.92 Å². The number of hydrogen-bond acceptors (Lipinski definition) is 6. The predicted molar refractivity (Wildman–Crippen MR) is 103 cm³/mol. The first kappa shape index (κ1) is 20.1. The van der Waals surface area contributed by atoms with Crippen LogP contribution in [-0.2, 0) is 20.9 Å². The summed E-state index contributed by atoms with van der Waals surface area (Å²) in [4.78, 5) is 30.3. The quantitative estimate of drug-likeness (QED) is 0.567. The summed E-state index contributed by atoms with van der Waals surface area (Å²) in [5.74, 6) is -3.55. The molecule has 0 spiro atoms. The van der Waals surface area contributed by atoms with Crippen molar-refractivity contribution in [1.29, 1.82) is 0 Å². The van der Waals surface area contributed by atoms with Crippen LogP contribution in [0.25, 0.3) is 10.2 Å². The van der Waals surface area contributed by atoms with Gasteiger partial charge in [0, 0.05) is 12.1 Å². The molecule has 0 saturated carbocycles. The summed E-state index contributed by atoms with van der Waals surface area (Å²) in [5.41, 5.74) is 0.425. The van der Waals surface area contributed by atoms with E-state index in [1.165, 1.54) is 17.0 Å². The Kier molecular flexibility index (Phi) is 5.33. The van der Waals surface area contributed by atoms with Gasteiger partial charge in [0.25, 0.3) is 5.91 Å². The Bertz CT molecular complexity index is 1110. The number of aromatic nitrogens is 1. The van der Waals surface area contributed by atoms with Crippen LogP contribution in [0.4, 0.5) is 18.9 Å². The van der Waals surface area contributed by atoms with Crippen LogP contribution in [0.3, 0.4) is 0 Å². The number of nitrogens with zero attached hydrogens (tertiary/aromatic N) is 2. The van der Waals surface area contributed by atoms with E-state index >= 15 is 0 Å². The van der Waals surface area contributed by atoms with Gasteiger partial charge in [-0.3, -0.25) is 14.5 Å². The molecule has 1 aliphatic heterocycles. The fourth-order valence-corrected chi connectivity index (χ4v) is 4.10. The molecule has 3 aromatic rings. The third-order valence-electron chi connectivity index (χ3n) is 4.45. The number of fused-ring (bicyclic) bond motifs is 2. The molecule has 0 bridgehead atoms. The Morgan fingerprint density at radius 1 is 1.23 bits per heavy atom. The third kappa shape index (κ3) is 3.82. The minimum absolute atomic E-state index is 0.0828. The van der Waals surface area contributed by atoms with Gasteiger partial charge in [0.05, 0.1) is 35.5 Å². The van der Waals surface area contributed by atoms with Crippen LogP contribution in [0.1, 0.15) is 18.4 Å². The molecule has 0 N–H and O–H groups in total. The van der Waals surface area contributed by atoms with Gasteiger partial charge in [-0.25, -0.2) is 18.2 Å². The van der Waals surface area contributed by atoms with Gasteiger partial charge < -0.3 is 9.47 Å². The first-order valence-electron chi connectivity index (χ1n) is 9.03. The van der Waals surface area contributed by atoms with Crippen LogP contribution in [0.2, 0.25) is 0 Å². The van der Waals surface area contributed by atoms with Gasteiger partial charge in [-0.1, -0.05) is 0 Å². The second-order valence-electron chi connectivity index (χ2n) is 6.49. The second kappa shape index (κ2) is 7.94. The largest absolute Gasteiger partial charge is 0.478 e. The fourth-order valence-electron chi connectivity index (χ4n) is 3.13. The Labute approximate surface area is 172 Å². The zero-order valence-corrected chi connectivity index (χ0v) is 16.5. The SMILES string of the molecule is CCOC(=O)CC1Oc2ccc(F)cc2N(Cc2nc3cc(F)c(F)cc3s2)C1=O. The highest BCUT2D eigenvalue weighted by Gasteiger charge is 2.37. The van der Waals surface area contributed by atoms with Crippen molar-refractivity contribution >= 4 is 39.1 Å². The Hall–Kier alpha value is -3.14. The summed E-state index contributed by atoms with van der Waals surface area (Å²) in [6, 6.07) is 5.69. The highest BCUT2D eigenvalue weighted by Crippen LogP contribution is 2.37. The molecule has 1 aliphatic rings. The molecule has 10 heteroatoms. The molecule has 1 atom stereocenters. The fraction of sp³-hybridized carbons (Fsp3) is 0.250. The summed E-state index contributed by atoms with van der Waals surface area (Å²) in [6.45, 7) is 1.72. The highest BCUT2D eigenvalue weighted by atomic mass is 32.1. The van der Waals surface area contributed by atoms with Gasteiger partial charge >= 0.3 is 5.97 Å². The second-order valence-corrected chi connectivity index (χ2v) is 7.61. The number of benzene rings is 2. The summed E-state index contributed by atoms with van der Waals surface area (Å²) < 4.78 is 51.7. The number of carbonyl (C=O) groups excluding carboxylic acids is 2. The third-order valence-corrected chi connectivity index (χ3v) is 5.45. The molecule has 30 heavy (non-hydrogen) atoms. The number of halogens is 3. The van der Waals surface area contributed by atoms with Crippen LogP contribution < -0.4 is 9.64 Å². The average Bonchev–Trinajstić information content (AvgIpc) is 3.07. The molecule has 1 amide bonds. The molecular weight excluding hydrogens is 421 g/mol. The normalized spacial score (nSPS) is 15.8. The van der Waals surface area contributed by atoms with Crippen molar-refractivity contribution in [2.24, 2.45) is 0 Å². The summed E-state index contributed by atoms with van der Waals surface area (Å²) >= 11 is 1.08. The van der Waals surface area contributed by atoms with Gasteiger partial charge in [0.1, 0.15) is 16.6 Å². The lowest BCUT2D eigenvalue weighted by Gasteiger charge is -2.33. The number of esters is 1. The lowest BCUT2D eigenvalue weighted by Crippen LogP contribution is -2.46. The van der Waals surface area contributed by atoms with Crippen LogP contribution in [0, 0.1) is 17.5 Å². The van der Waals surface area contributed by atoms with Crippen molar-refractivity contribution in [3.63, 3.8) is 0 Å². The lowest BCUT2D eigenvalue weighted by molar-refractivity contribution is -0.147. The predicted octanol–water partition coefficient (Wildman–Crippen LogP) is 3.96. The zero-order valence-electron chi connectivity index (χ0n) is 15.7. The maximum absolute atomic E-state index is 13.8. The van der Waals surface area contributed by atoms with E-state index < -0.39 is 35.4 Å². The summed E-state index contributed by atoms with van der Waals surface area (Å²) in [5, 5.41) is 0.385. The molecule has 1 aromatic heterocycles. The van der Waals surface area contributed by atoms with E-state index in [2.05, 4.69) is 4.98 Å². The van der Waals surface area contributed by atoms with Gasteiger partial charge in [-0.15, -0.1) is 11.3 Å². The lowest BCUT2D eigenvalue weighted by atomic mass is 10.1. The zero-order chi connectivity index (χ0) is 21.4. The van der Waals surface area contributed by atoms with E-state index in [4.69, 9.17) is 9.47 Å². The number of ether oxygens (including phenoxy) is 2. The van der Waals surface area contributed by atoms with Gasteiger partial charge in [0.15, 0.2) is 17.7 Å². The maximum atomic E-state index is 13.8. The molecular formula is C20H15F3N2O4S. The molecule has 0 aliphatic carbocycles. The van der Waals surface area contributed by atoms with Gasteiger partial charge in [0.2, 0.25) is 0 Å². The van der Waals surface area contributed by atoms with Crippen molar-refractivity contribution in [3.05, 3.63) is 52.8 Å². The Morgan fingerprint density at radius 3 is 2.77 bits per heavy atom. The molecule has 2 heterocycles. The van der Waals surface area contributed by atoms with Crippen molar-refractivity contribution in [2.45, 2.75) is 26.0 Å². The number of amides is 1. The van der Waals surface area contributed by atoms with Crippen LogP contribution >= 0.6 is 11.3 Å². The summed E-state index contributed by atoms with van der Waals surface area (Å²) in [7, 11) is 0. The van der Waals surface area contributed by atoms with E-state index in [0.717, 1.165) is 29.5 Å². The van der Waals surface area contributed by atoms with Gasteiger partial charge in [-0.05, 0) is 25.1 Å². The molecule has 4 rings (SSSR count). The van der Waals surface area contributed by atoms with Crippen LogP contribution in [0.5, 0.6) is 5.75 Å². The molecule has 156 valence electrons. The van der Waals surface area contributed by atoms with Crippen molar-refractivity contribution in [1.82, 2.24) is 4.98 Å². The van der Waals surface area contributed by atoms with E-state index in [9.17, 15) is 22.8 Å². The molecule has 2 aromatic carbocycles. The molecule has 0 saturated heterocycles. The van der Waals surface area contributed by atoms with E-state index in [-0.39, 0.29) is 36.5 Å². The van der Waals surface area contributed by atoms with Crippen molar-refractivity contribution in [2.75, 3.05) is 11.5 Å². The minimum Gasteiger partial charge on any atom is -0.478 e. The maximum Gasteiger partial charge on any atom is 0.310 e. The molecule has 1 unspecified atom stereocenters. The van der Waals surface area contributed by atoms with Crippen LogP contribution in [-0.4, -0.2) is 29.6 Å². The summed E-state index contributed by atoms with van der Waals surface area (Å²) in [6.07, 6.45) is -1.46. The number of thiazole rings is 1. The Morgan fingerprint density at radius 2 is 2.00 bits per heavy atom. The number of anilines is 1. The molecule has 0 fully saturated rings. The monoisotopic (exact) mass is 436 g/mol. The van der Waals surface area contributed by atoms with E-state index in [0.29, 0.717) is 9.71 Å². The number of hydrogen-bond donors (Lipinski definition) is 0.